The first-order valence-corrected chi connectivity index (χ1v) is 12.1. The number of hydrogen-bond donors (Lipinski definition) is 0. The van der Waals surface area contributed by atoms with Gasteiger partial charge in [-0.3, -0.25) is 4.79 Å². The van der Waals surface area contributed by atoms with E-state index in [2.05, 4.69) is 15.0 Å². The van der Waals surface area contributed by atoms with E-state index in [4.69, 9.17) is 13.6 Å². The van der Waals surface area contributed by atoms with Crippen molar-refractivity contribution in [2.45, 2.75) is 12.8 Å². The third-order valence-electron chi connectivity index (χ3n) is 5.71. The molecule has 0 fully saturated rings. The van der Waals surface area contributed by atoms with Crippen LogP contribution in [0.5, 0.6) is 5.75 Å². The Balaban J connectivity index is 1.56. The van der Waals surface area contributed by atoms with Crippen molar-refractivity contribution in [2.24, 2.45) is 7.05 Å². The number of carbonyl (C=O) groups is 1. The summed E-state index contributed by atoms with van der Waals surface area (Å²) in [4.78, 5) is 26.0. The quantitative estimate of drug-likeness (QED) is 0.357. The molecule has 13 heteroatoms. The van der Waals surface area contributed by atoms with Crippen LogP contribution in [0.3, 0.4) is 0 Å². The van der Waals surface area contributed by atoms with Crippen LogP contribution < -0.4 is 9.04 Å². The topological polar surface area (TPSA) is 137 Å². The van der Waals surface area contributed by atoms with Crippen LogP contribution in [0.25, 0.3) is 11.7 Å². The fourth-order valence-electron chi connectivity index (χ4n) is 4.02. The molecule has 0 radical (unpaired) electrons. The molecule has 0 saturated heterocycles. The zero-order chi connectivity index (χ0) is 24.6. The predicted octanol–water partition coefficient (Wildman–Crippen LogP) is 2.06. The second-order valence-electron chi connectivity index (χ2n) is 7.70. The maximum absolute atomic E-state index is 13.7. The Kier molecular flexibility index (Phi) is 5.76. The average Bonchev–Trinajstić information content (AvgIpc) is 3.60. The Morgan fingerprint density at radius 3 is 2.46 bits per heavy atom. The highest BCUT2D eigenvalue weighted by atomic mass is 32.2. The van der Waals surface area contributed by atoms with Gasteiger partial charge in [0.05, 0.1) is 19.5 Å². The molecule has 5 rings (SSSR count). The van der Waals surface area contributed by atoms with Crippen molar-refractivity contribution in [3.8, 4) is 17.5 Å². The van der Waals surface area contributed by atoms with E-state index in [9.17, 15) is 13.2 Å². The van der Waals surface area contributed by atoms with Gasteiger partial charge in [-0.25, -0.2) is 23.6 Å². The van der Waals surface area contributed by atoms with Crippen molar-refractivity contribution in [1.82, 2.24) is 23.8 Å². The summed E-state index contributed by atoms with van der Waals surface area (Å²) in [5, 5.41) is 0. The number of imidazole rings is 1. The van der Waals surface area contributed by atoms with E-state index in [1.165, 1.54) is 29.5 Å². The van der Waals surface area contributed by atoms with Crippen molar-refractivity contribution in [3.05, 3.63) is 66.3 Å². The van der Waals surface area contributed by atoms with Crippen LogP contribution in [0.2, 0.25) is 0 Å². The first-order valence-electron chi connectivity index (χ1n) is 10.7. The molecule has 0 unspecified atom stereocenters. The standard InChI is InChI=1S/C22H22N6O6S/c1-26-18-19(25-20(26)21-24-10-14-34-21)27(11-7-15-5-3-4-6-16(15)32-2)35(30,31)28(22(18)29)12-8-17-23-9-13-33-17/h3-6,9-10,13-14H,7-8,11-12H2,1-2H3. The highest BCUT2D eigenvalue weighted by molar-refractivity contribution is 7.91. The van der Waals surface area contributed by atoms with Gasteiger partial charge in [0.2, 0.25) is 0 Å². The van der Waals surface area contributed by atoms with E-state index >= 15 is 0 Å². The lowest BCUT2D eigenvalue weighted by Gasteiger charge is -2.34. The highest BCUT2D eigenvalue weighted by Crippen LogP contribution is 2.35. The first kappa shape index (κ1) is 22.7. The molecule has 4 aromatic rings. The molecule has 0 aliphatic carbocycles. The fourth-order valence-corrected chi connectivity index (χ4v) is 5.54. The lowest BCUT2D eigenvalue weighted by atomic mass is 10.1. The lowest BCUT2D eigenvalue weighted by Crippen LogP contribution is -2.53. The molecular weight excluding hydrogens is 476 g/mol. The average molecular weight is 499 g/mol. The lowest BCUT2D eigenvalue weighted by molar-refractivity contribution is 0.0848. The zero-order valence-corrected chi connectivity index (χ0v) is 19.8. The molecule has 0 saturated carbocycles. The second-order valence-corrected chi connectivity index (χ2v) is 9.48. The van der Waals surface area contributed by atoms with Gasteiger partial charge in [0, 0.05) is 26.6 Å². The van der Waals surface area contributed by atoms with Gasteiger partial charge in [-0.1, -0.05) is 18.2 Å². The van der Waals surface area contributed by atoms with Gasteiger partial charge in [-0.05, 0) is 18.1 Å². The summed E-state index contributed by atoms with van der Waals surface area (Å²) in [6, 6.07) is 7.35. The van der Waals surface area contributed by atoms with Gasteiger partial charge in [0.15, 0.2) is 23.2 Å². The van der Waals surface area contributed by atoms with Crippen LogP contribution >= 0.6 is 0 Å². The number of anilines is 1. The number of methoxy groups -OCH3 is 1. The Morgan fingerprint density at radius 2 is 1.74 bits per heavy atom. The van der Waals surface area contributed by atoms with E-state index in [1.807, 2.05) is 18.2 Å². The Morgan fingerprint density at radius 1 is 1.00 bits per heavy atom. The third-order valence-corrected chi connectivity index (χ3v) is 7.53. The smallest absolute Gasteiger partial charge is 0.330 e. The van der Waals surface area contributed by atoms with Gasteiger partial charge in [-0.2, -0.15) is 8.42 Å². The van der Waals surface area contributed by atoms with Crippen LogP contribution in [-0.4, -0.2) is 58.3 Å². The maximum Gasteiger partial charge on any atom is 0.330 e. The monoisotopic (exact) mass is 498 g/mol. The van der Waals surface area contributed by atoms with Gasteiger partial charge in [0.25, 0.3) is 11.8 Å². The largest absolute Gasteiger partial charge is 0.496 e. The number of rotatable bonds is 8. The van der Waals surface area contributed by atoms with E-state index in [1.54, 1.807) is 20.2 Å². The molecule has 1 aromatic carbocycles. The number of carbonyl (C=O) groups excluding carboxylic acids is 1. The van der Waals surface area contributed by atoms with E-state index in [-0.39, 0.29) is 42.7 Å². The van der Waals surface area contributed by atoms with Crippen LogP contribution in [0.15, 0.2) is 58.0 Å². The molecule has 3 aromatic heterocycles. The molecule has 182 valence electrons. The number of para-hydroxylation sites is 1. The molecule has 4 heterocycles. The Hall–Kier alpha value is -4.13. The van der Waals surface area contributed by atoms with E-state index in [0.29, 0.717) is 18.1 Å². The molecule has 35 heavy (non-hydrogen) atoms. The normalized spacial score (nSPS) is 14.9. The van der Waals surface area contributed by atoms with Crippen LogP contribution in [0.1, 0.15) is 21.9 Å². The van der Waals surface area contributed by atoms with Crippen molar-refractivity contribution >= 4 is 21.9 Å². The molecule has 0 N–H and O–H groups in total. The summed E-state index contributed by atoms with van der Waals surface area (Å²) in [6.07, 6.45) is 6.13. The van der Waals surface area contributed by atoms with Crippen LogP contribution in [-0.2, 0) is 30.1 Å². The second kappa shape index (κ2) is 8.91. The van der Waals surface area contributed by atoms with E-state index in [0.717, 1.165) is 14.2 Å². The molecule has 0 bridgehead atoms. The summed E-state index contributed by atoms with van der Waals surface area (Å²) in [6.45, 7) is -0.119. The molecular formula is C22H22N6O6S. The number of ether oxygens (including phenoxy) is 1. The number of oxazole rings is 2. The molecule has 1 amide bonds. The fraction of sp³-hybridized carbons (Fsp3) is 0.273. The summed E-state index contributed by atoms with van der Waals surface area (Å²) in [7, 11) is -1.09. The minimum atomic E-state index is -4.26. The summed E-state index contributed by atoms with van der Waals surface area (Å²) in [5.41, 5.74) is 0.930. The highest BCUT2D eigenvalue weighted by Gasteiger charge is 2.45. The number of fused-ring (bicyclic) bond motifs is 1. The minimum Gasteiger partial charge on any atom is -0.496 e. The van der Waals surface area contributed by atoms with Crippen molar-refractivity contribution in [1.29, 1.82) is 0 Å². The van der Waals surface area contributed by atoms with Crippen LogP contribution in [0, 0.1) is 0 Å². The molecule has 12 nitrogen and oxygen atoms in total. The summed E-state index contributed by atoms with van der Waals surface area (Å²) in [5.74, 6) is 0.690. The third kappa shape index (κ3) is 3.93. The zero-order valence-electron chi connectivity index (χ0n) is 19.0. The Labute approximate surface area is 201 Å². The number of amides is 1. The number of benzene rings is 1. The van der Waals surface area contributed by atoms with Gasteiger partial charge in [0.1, 0.15) is 18.3 Å². The minimum absolute atomic E-state index is 0.0213. The van der Waals surface area contributed by atoms with Gasteiger partial charge < -0.3 is 18.1 Å². The van der Waals surface area contributed by atoms with E-state index < -0.39 is 16.1 Å². The van der Waals surface area contributed by atoms with Gasteiger partial charge in [-0.15, -0.1) is 0 Å². The van der Waals surface area contributed by atoms with Crippen molar-refractivity contribution in [2.75, 3.05) is 24.5 Å². The number of hydrogen-bond acceptors (Lipinski definition) is 9. The molecule has 0 atom stereocenters. The molecule has 1 aliphatic heterocycles. The van der Waals surface area contributed by atoms with Crippen LogP contribution in [0.4, 0.5) is 5.82 Å². The Bertz CT molecular complexity index is 1450. The van der Waals surface area contributed by atoms with Crippen molar-refractivity contribution < 1.29 is 26.8 Å². The molecule has 0 spiro atoms. The summed E-state index contributed by atoms with van der Waals surface area (Å²) >= 11 is 0. The maximum atomic E-state index is 13.7. The molecule has 1 aliphatic rings. The predicted molar refractivity (Wildman–Crippen MR) is 123 cm³/mol. The SMILES string of the molecule is COc1ccccc1CCN1c2nc(-c3ncco3)n(C)c2C(=O)N(CCc2ncco2)S1(=O)=O. The number of aromatic nitrogens is 4. The summed E-state index contributed by atoms with van der Waals surface area (Å²) < 4.78 is 46.8. The van der Waals surface area contributed by atoms with Crippen molar-refractivity contribution in [3.63, 3.8) is 0 Å². The van der Waals surface area contributed by atoms with Gasteiger partial charge >= 0.3 is 10.2 Å². The first-order chi connectivity index (χ1) is 16.9. The number of nitrogens with zero attached hydrogens (tertiary/aromatic N) is 6.